The Morgan fingerprint density at radius 1 is 0.515 bits per heavy atom. The van der Waals surface area contributed by atoms with Gasteiger partial charge in [-0.05, 0) is 165 Å². The number of fused-ring (bicyclic) bond motifs is 4. The van der Waals surface area contributed by atoms with Gasteiger partial charge in [0.2, 0.25) is 0 Å². The van der Waals surface area contributed by atoms with Gasteiger partial charge in [-0.15, -0.1) is 0 Å². The molecule has 25 heteroatoms. The van der Waals surface area contributed by atoms with Gasteiger partial charge in [-0.3, -0.25) is 38.0 Å². The van der Waals surface area contributed by atoms with Gasteiger partial charge in [-0.1, -0.05) is 60.7 Å². The zero-order chi connectivity index (χ0) is 68.8. The fraction of sp³-hybridized carbons (Fsp3) is 0.257. The SMILES string of the molecule is Cc1cc(-c2ccc(C=O)cc2)cc(-n2c(=O)n(C3CCC(NC(=O)c4cn5cc(F)ccc5n4)CC3)c(=O)c3cc(F)cnc32)c1.Cc1cc(-c2ccc(CN3CCNCC3)cc2)cc(-n2c(=O)n(C3CCC(NC(=O)c4cn5cc(F)ccc5n4)CC3)c(=O)c3cc(F)cnc32)c1. The number of pyridine rings is 4. The third kappa shape index (κ3) is 13.5. The van der Waals surface area contributed by atoms with Crippen molar-refractivity contribution in [1.29, 1.82) is 0 Å². The van der Waals surface area contributed by atoms with Crippen LogP contribution in [0.1, 0.15) is 111 Å². The Balaban J connectivity index is 0.000000170. The van der Waals surface area contributed by atoms with Crippen LogP contribution in [0.2, 0.25) is 0 Å². The molecule has 15 rings (SSSR count). The molecule has 0 spiro atoms. The molecule has 0 bridgehead atoms. The number of nitrogens with one attached hydrogen (secondary N) is 3. The van der Waals surface area contributed by atoms with Crippen molar-refractivity contribution < 1.29 is 31.9 Å². The Hall–Kier alpha value is -11.3. The van der Waals surface area contributed by atoms with Crippen LogP contribution in [-0.2, 0) is 6.54 Å². The number of hydrogen-bond donors (Lipinski definition) is 3. The lowest BCUT2D eigenvalue weighted by atomic mass is 9.90. The van der Waals surface area contributed by atoms with Crippen molar-refractivity contribution in [2.24, 2.45) is 0 Å². The number of carbonyl (C=O) groups excluding carboxylic acids is 3. The third-order valence-electron chi connectivity index (χ3n) is 18.8. The molecule has 2 saturated carbocycles. The first-order chi connectivity index (χ1) is 47.9. The molecule has 8 aromatic heterocycles. The zero-order valence-corrected chi connectivity index (χ0v) is 53.9. The molecule has 2 aliphatic carbocycles. The van der Waals surface area contributed by atoms with E-state index in [2.05, 4.69) is 65.1 Å². The molecular formula is C74H66F4N14O7. The monoisotopic (exact) mass is 1340 g/mol. The summed E-state index contributed by atoms with van der Waals surface area (Å²) < 4.78 is 64.3. The highest BCUT2D eigenvalue weighted by Gasteiger charge is 2.31. The minimum atomic E-state index is -0.701. The molecule has 0 unspecified atom stereocenters. The highest BCUT2D eigenvalue weighted by molar-refractivity contribution is 5.94. The van der Waals surface area contributed by atoms with Crippen molar-refractivity contribution in [1.82, 2.24) is 67.9 Å². The van der Waals surface area contributed by atoms with Gasteiger partial charge in [0.05, 0.1) is 34.5 Å². The van der Waals surface area contributed by atoms with E-state index >= 15 is 0 Å². The number of benzene rings is 4. The summed E-state index contributed by atoms with van der Waals surface area (Å²) in [5.41, 5.74) is 6.92. The molecule has 3 N–H and O–H groups in total. The minimum absolute atomic E-state index is 0.0126. The summed E-state index contributed by atoms with van der Waals surface area (Å²) in [5.74, 6) is -3.05. The van der Waals surface area contributed by atoms with Crippen LogP contribution < -0.4 is 38.4 Å². The number of imidazole rings is 2. The number of hydrogen-bond acceptors (Lipinski definition) is 13. The minimum Gasteiger partial charge on any atom is -0.348 e. The van der Waals surface area contributed by atoms with E-state index in [0.717, 1.165) is 96.9 Å². The topological polar surface area (TPSA) is 239 Å². The van der Waals surface area contributed by atoms with E-state index < -0.39 is 63.8 Å². The van der Waals surface area contributed by atoms with E-state index in [0.29, 0.717) is 79.6 Å². The zero-order valence-electron chi connectivity index (χ0n) is 53.9. The van der Waals surface area contributed by atoms with Crippen LogP contribution in [0.3, 0.4) is 0 Å². The summed E-state index contributed by atoms with van der Waals surface area (Å²) in [6.45, 7) is 8.70. The number of aromatic nitrogens is 10. The highest BCUT2D eigenvalue weighted by atomic mass is 19.1. The third-order valence-corrected chi connectivity index (χ3v) is 18.8. The van der Waals surface area contributed by atoms with Crippen LogP contribution in [-0.4, -0.2) is 108 Å². The van der Waals surface area contributed by atoms with Crippen LogP contribution in [0, 0.1) is 37.1 Å². The van der Waals surface area contributed by atoms with Gasteiger partial charge < -0.3 is 24.8 Å². The van der Waals surface area contributed by atoms with Crippen LogP contribution in [0.4, 0.5) is 17.6 Å². The van der Waals surface area contributed by atoms with E-state index in [1.165, 1.54) is 81.7 Å². The smallest absolute Gasteiger partial charge is 0.337 e. The fourth-order valence-electron chi connectivity index (χ4n) is 13.9. The van der Waals surface area contributed by atoms with Crippen molar-refractivity contribution in [3.05, 3.63) is 257 Å². The average molecular weight is 1340 g/mol. The second kappa shape index (κ2) is 27.3. The maximum absolute atomic E-state index is 14.6. The lowest BCUT2D eigenvalue weighted by Crippen LogP contribution is -2.45. The summed E-state index contributed by atoms with van der Waals surface area (Å²) >= 11 is 0. The number of aryl methyl sites for hydroxylation is 2. The second-order valence-electron chi connectivity index (χ2n) is 25.6. The molecule has 3 fully saturated rings. The molecular weight excluding hydrogens is 1270 g/mol. The number of nitrogens with zero attached hydrogens (tertiary/aromatic N) is 11. The first-order valence-electron chi connectivity index (χ1n) is 32.8. The molecule has 3 aliphatic rings. The molecule has 1 saturated heterocycles. The number of halogens is 4. The second-order valence-corrected chi connectivity index (χ2v) is 25.6. The molecule has 1 aliphatic heterocycles. The van der Waals surface area contributed by atoms with Crippen molar-refractivity contribution in [3.63, 3.8) is 0 Å². The van der Waals surface area contributed by atoms with E-state index in [1.54, 1.807) is 24.3 Å². The van der Waals surface area contributed by atoms with Crippen molar-refractivity contribution in [2.45, 2.75) is 95.9 Å². The Morgan fingerprint density at radius 3 is 1.38 bits per heavy atom. The summed E-state index contributed by atoms with van der Waals surface area (Å²) in [7, 11) is 0. The predicted octanol–water partition coefficient (Wildman–Crippen LogP) is 9.94. The Morgan fingerprint density at radius 2 is 0.949 bits per heavy atom. The molecule has 0 radical (unpaired) electrons. The summed E-state index contributed by atoms with van der Waals surface area (Å²) in [6.07, 6.45) is 11.8. The Labute approximate surface area is 561 Å². The Bertz CT molecular complexity index is 5410. The lowest BCUT2D eigenvalue weighted by molar-refractivity contribution is 0.0909. The van der Waals surface area contributed by atoms with Crippen molar-refractivity contribution >= 4 is 51.5 Å². The average Bonchev–Trinajstić information content (AvgIpc) is 1.49. The normalized spacial score (nSPS) is 17.4. The summed E-state index contributed by atoms with van der Waals surface area (Å²) in [5, 5.41) is 9.33. The van der Waals surface area contributed by atoms with E-state index in [1.807, 2.05) is 50.2 Å². The molecule has 12 aromatic rings. The van der Waals surface area contributed by atoms with Gasteiger partial charge in [0.25, 0.3) is 22.9 Å². The number of aldehydes is 1. The number of rotatable bonds is 13. The molecule has 502 valence electrons. The first-order valence-corrected chi connectivity index (χ1v) is 32.8. The van der Waals surface area contributed by atoms with Crippen LogP contribution in [0.15, 0.2) is 178 Å². The van der Waals surface area contributed by atoms with Crippen LogP contribution in [0.25, 0.3) is 67.0 Å². The molecule has 99 heavy (non-hydrogen) atoms. The van der Waals surface area contributed by atoms with Crippen LogP contribution >= 0.6 is 0 Å². The quantitative estimate of drug-likeness (QED) is 0.0720. The van der Waals surface area contributed by atoms with Gasteiger partial charge in [-0.2, -0.15) is 0 Å². The van der Waals surface area contributed by atoms with E-state index in [-0.39, 0.29) is 51.4 Å². The number of amides is 2. The summed E-state index contributed by atoms with van der Waals surface area (Å²) in [4.78, 5) is 113. The van der Waals surface area contributed by atoms with Gasteiger partial charge >= 0.3 is 11.4 Å². The molecule has 0 atom stereocenters. The van der Waals surface area contributed by atoms with Crippen LogP contribution in [0.5, 0.6) is 0 Å². The van der Waals surface area contributed by atoms with Crippen molar-refractivity contribution in [2.75, 3.05) is 26.2 Å². The maximum atomic E-state index is 14.6. The molecule has 2 amide bonds. The van der Waals surface area contributed by atoms with E-state index in [4.69, 9.17) is 0 Å². The van der Waals surface area contributed by atoms with Gasteiger partial charge in [0.1, 0.15) is 52.2 Å². The van der Waals surface area contributed by atoms with Crippen molar-refractivity contribution in [3.8, 4) is 33.6 Å². The van der Waals surface area contributed by atoms with E-state index in [9.17, 15) is 51.1 Å². The predicted molar refractivity (Wildman–Crippen MR) is 365 cm³/mol. The van der Waals surface area contributed by atoms with Gasteiger partial charge in [-0.25, -0.2) is 56.2 Å². The number of piperazine rings is 1. The lowest BCUT2D eigenvalue weighted by Gasteiger charge is -2.30. The first kappa shape index (κ1) is 65.0. The largest absolute Gasteiger partial charge is 0.348 e. The number of carbonyl (C=O) groups is 3. The van der Waals surface area contributed by atoms with Gasteiger partial charge in [0.15, 0.2) is 11.3 Å². The fourth-order valence-corrected chi connectivity index (χ4v) is 13.9. The van der Waals surface area contributed by atoms with Gasteiger partial charge in [0, 0.05) is 87.2 Å². The highest BCUT2D eigenvalue weighted by Crippen LogP contribution is 2.32. The summed E-state index contributed by atoms with van der Waals surface area (Å²) in [6, 6.07) is 33.1. The Kier molecular flexibility index (Phi) is 17.9. The molecule has 21 nitrogen and oxygen atoms in total. The molecule has 9 heterocycles. The maximum Gasteiger partial charge on any atom is 0.337 e. The molecule has 4 aromatic carbocycles. The standard InChI is InChI=1S/C39H38F2N8O3.C35H28F2N6O4/c1-24-16-27(26-4-2-25(3-5-26)21-46-14-12-42-13-15-46)18-32(17-24)48-36-33(19-29(41)20-43-36)38(51)49(39(48)52)31-9-7-30(8-10-31)44-37(50)34-23-47-22-28(40)6-11-35(47)45-34;1-20-12-23(22-4-2-21(19-44)3-5-22)14-28(13-20)42-32-29(15-25(37)16-38-32)34(46)43(35(42)47)27-9-7-26(8-10-27)39-33(45)30-18-41-17-24(36)6-11-31(41)40-30/h2-6,11,16-20,22-23,30-31,42H,7-10,12-15,21H2,1H3,(H,44,50);2-6,11-19,26-27H,7-10H2,1H3,(H,39,45).